The van der Waals surface area contributed by atoms with E-state index in [2.05, 4.69) is 216 Å². The summed E-state index contributed by atoms with van der Waals surface area (Å²) in [7, 11) is 0. The molecule has 0 aliphatic carbocycles. The molecular weight excluding hydrogens is 667 g/mol. The highest BCUT2D eigenvalue weighted by molar-refractivity contribution is 6.11. The first kappa shape index (κ1) is 32.4. The molecule has 0 saturated heterocycles. The van der Waals surface area contributed by atoms with E-state index in [-0.39, 0.29) is 0 Å². The van der Waals surface area contributed by atoms with E-state index in [0.29, 0.717) is 0 Å². The lowest BCUT2D eigenvalue weighted by Crippen LogP contribution is -1.99. The Kier molecular flexibility index (Phi) is 8.04. The minimum absolute atomic E-state index is 0.948. The van der Waals surface area contributed by atoms with Gasteiger partial charge in [-0.2, -0.15) is 5.10 Å². The van der Waals surface area contributed by atoms with Gasteiger partial charge in [-0.25, -0.2) is 4.68 Å². The maximum Gasteiger partial charge on any atom is 0.0934 e. The van der Waals surface area contributed by atoms with Gasteiger partial charge in [-0.05, 0) is 94.9 Å². The molecule has 260 valence electrons. The Morgan fingerprint density at radius 1 is 0.364 bits per heavy atom. The molecule has 0 saturated carbocycles. The van der Waals surface area contributed by atoms with Crippen LogP contribution in [0, 0.1) is 6.92 Å². The van der Waals surface area contributed by atoms with Crippen molar-refractivity contribution in [2.45, 2.75) is 6.92 Å². The molecule has 0 fully saturated rings. The van der Waals surface area contributed by atoms with E-state index in [9.17, 15) is 0 Å². The SMILES string of the molecule is Cc1ccc2c(c1)c1cc(-c3ccccc3-c3ccccc3-c3ccc(-n4nc(-c5ccccc5)cc4-c4ccccc4)cc3)ccc1n2-c1ccccc1. The van der Waals surface area contributed by atoms with Crippen molar-refractivity contribution in [2.75, 3.05) is 0 Å². The van der Waals surface area contributed by atoms with E-state index in [1.165, 1.54) is 60.9 Å². The van der Waals surface area contributed by atoms with Gasteiger partial charge in [0.25, 0.3) is 0 Å². The maximum atomic E-state index is 5.12. The second-order valence-corrected chi connectivity index (χ2v) is 14.1. The summed E-state index contributed by atoms with van der Waals surface area (Å²) in [6.07, 6.45) is 0. The zero-order valence-corrected chi connectivity index (χ0v) is 30.5. The molecular formula is C52H37N3. The first-order chi connectivity index (χ1) is 27.2. The Morgan fingerprint density at radius 3 is 1.53 bits per heavy atom. The molecule has 0 amide bonds. The molecule has 10 rings (SSSR count). The largest absolute Gasteiger partial charge is 0.309 e. The van der Waals surface area contributed by atoms with Gasteiger partial charge in [-0.15, -0.1) is 0 Å². The zero-order chi connectivity index (χ0) is 36.7. The maximum absolute atomic E-state index is 5.12. The Labute approximate surface area is 321 Å². The molecule has 0 radical (unpaired) electrons. The Hall–Kier alpha value is -7.23. The number of rotatable bonds is 7. The number of hydrogen-bond acceptors (Lipinski definition) is 1. The summed E-state index contributed by atoms with van der Waals surface area (Å²) in [5.41, 5.74) is 17.2. The molecule has 0 spiro atoms. The van der Waals surface area contributed by atoms with Crippen LogP contribution < -0.4 is 0 Å². The van der Waals surface area contributed by atoms with E-state index >= 15 is 0 Å². The fourth-order valence-corrected chi connectivity index (χ4v) is 8.02. The van der Waals surface area contributed by atoms with Crippen LogP contribution in [-0.4, -0.2) is 14.3 Å². The van der Waals surface area contributed by atoms with Crippen LogP contribution in [-0.2, 0) is 0 Å². The molecule has 8 aromatic carbocycles. The normalized spacial score (nSPS) is 11.4. The van der Waals surface area contributed by atoms with E-state index in [4.69, 9.17) is 5.10 Å². The molecule has 3 heteroatoms. The Balaban J connectivity index is 1.06. The third-order valence-electron chi connectivity index (χ3n) is 10.7. The van der Waals surface area contributed by atoms with Crippen molar-refractivity contribution in [3.05, 3.63) is 212 Å². The standard InChI is InChI=1S/C52H37N3/c1-36-25-31-50-47(33-36)48-34-40(28-32-51(48)54(50)41-19-9-4-10-20-41)44-22-12-14-24-46(44)45-23-13-11-21-43(45)37-26-29-42(30-27-37)55-52(39-17-7-3-8-18-39)35-49(53-55)38-15-5-2-6-16-38/h2-35H,1H3. The summed E-state index contributed by atoms with van der Waals surface area (Å²) >= 11 is 0. The molecule has 10 aromatic rings. The van der Waals surface area contributed by atoms with E-state index in [1.54, 1.807) is 0 Å². The van der Waals surface area contributed by atoms with Gasteiger partial charge in [0.1, 0.15) is 0 Å². The van der Waals surface area contributed by atoms with Crippen LogP contribution in [0.25, 0.3) is 89.1 Å². The first-order valence-electron chi connectivity index (χ1n) is 18.8. The number of aryl methyl sites for hydroxylation is 1. The predicted octanol–water partition coefficient (Wildman–Crippen LogP) is 13.6. The highest BCUT2D eigenvalue weighted by Crippen LogP contribution is 2.41. The number of nitrogens with zero attached hydrogens (tertiary/aromatic N) is 3. The average Bonchev–Trinajstić information content (AvgIpc) is 3.85. The zero-order valence-electron chi connectivity index (χ0n) is 30.5. The van der Waals surface area contributed by atoms with Crippen molar-refractivity contribution in [3.8, 4) is 67.3 Å². The molecule has 2 aromatic heterocycles. The molecule has 0 unspecified atom stereocenters. The van der Waals surface area contributed by atoms with Crippen LogP contribution in [0.1, 0.15) is 5.56 Å². The smallest absolute Gasteiger partial charge is 0.0934 e. The predicted molar refractivity (Wildman–Crippen MR) is 230 cm³/mol. The quantitative estimate of drug-likeness (QED) is 0.162. The van der Waals surface area contributed by atoms with Crippen LogP contribution in [0.2, 0.25) is 0 Å². The topological polar surface area (TPSA) is 22.8 Å². The van der Waals surface area contributed by atoms with Gasteiger partial charge in [-0.1, -0.05) is 157 Å². The lowest BCUT2D eigenvalue weighted by atomic mass is 9.89. The number of fused-ring (bicyclic) bond motifs is 3. The second-order valence-electron chi connectivity index (χ2n) is 14.1. The van der Waals surface area contributed by atoms with Gasteiger partial charge in [0, 0.05) is 27.6 Å². The van der Waals surface area contributed by atoms with Crippen molar-refractivity contribution in [1.82, 2.24) is 14.3 Å². The average molecular weight is 704 g/mol. The number of hydrogen-bond donors (Lipinski definition) is 0. The molecule has 0 aliphatic rings. The van der Waals surface area contributed by atoms with Crippen molar-refractivity contribution < 1.29 is 0 Å². The van der Waals surface area contributed by atoms with Crippen LogP contribution in [0.5, 0.6) is 0 Å². The number of aromatic nitrogens is 3. The van der Waals surface area contributed by atoms with E-state index < -0.39 is 0 Å². The fourth-order valence-electron chi connectivity index (χ4n) is 8.02. The van der Waals surface area contributed by atoms with Gasteiger partial charge in [0.05, 0.1) is 28.1 Å². The summed E-state index contributed by atoms with van der Waals surface area (Å²) in [5.74, 6) is 0. The van der Waals surface area contributed by atoms with Crippen molar-refractivity contribution in [2.24, 2.45) is 0 Å². The van der Waals surface area contributed by atoms with Crippen molar-refractivity contribution in [3.63, 3.8) is 0 Å². The molecule has 0 N–H and O–H groups in total. The Morgan fingerprint density at radius 2 is 0.873 bits per heavy atom. The molecule has 2 heterocycles. The minimum Gasteiger partial charge on any atom is -0.309 e. The first-order valence-corrected chi connectivity index (χ1v) is 18.8. The molecule has 3 nitrogen and oxygen atoms in total. The highest BCUT2D eigenvalue weighted by atomic mass is 15.3. The molecule has 0 atom stereocenters. The number of benzene rings is 8. The van der Waals surface area contributed by atoms with Crippen LogP contribution in [0.15, 0.2) is 206 Å². The highest BCUT2D eigenvalue weighted by Gasteiger charge is 2.18. The van der Waals surface area contributed by atoms with Crippen LogP contribution in [0.4, 0.5) is 0 Å². The van der Waals surface area contributed by atoms with Crippen molar-refractivity contribution in [1.29, 1.82) is 0 Å². The van der Waals surface area contributed by atoms with Crippen LogP contribution >= 0.6 is 0 Å². The summed E-state index contributed by atoms with van der Waals surface area (Å²) in [6, 6.07) is 73.8. The Bertz CT molecular complexity index is 2950. The van der Waals surface area contributed by atoms with Gasteiger partial charge in [-0.3, -0.25) is 0 Å². The lowest BCUT2D eigenvalue weighted by Gasteiger charge is -2.16. The lowest BCUT2D eigenvalue weighted by molar-refractivity contribution is 0.892. The summed E-state index contributed by atoms with van der Waals surface area (Å²) in [5, 5.41) is 7.64. The van der Waals surface area contributed by atoms with Gasteiger partial charge < -0.3 is 4.57 Å². The van der Waals surface area contributed by atoms with E-state index in [0.717, 1.165) is 33.8 Å². The summed E-state index contributed by atoms with van der Waals surface area (Å²) < 4.78 is 4.45. The monoisotopic (exact) mass is 703 g/mol. The van der Waals surface area contributed by atoms with Gasteiger partial charge >= 0.3 is 0 Å². The molecule has 55 heavy (non-hydrogen) atoms. The minimum atomic E-state index is 0.948. The van der Waals surface area contributed by atoms with Crippen molar-refractivity contribution >= 4 is 21.8 Å². The third kappa shape index (κ3) is 5.83. The summed E-state index contributed by atoms with van der Waals surface area (Å²) in [6.45, 7) is 2.17. The van der Waals surface area contributed by atoms with Gasteiger partial charge in [0.2, 0.25) is 0 Å². The number of para-hydroxylation sites is 1. The molecule has 0 aliphatic heterocycles. The van der Waals surface area contributed by atoms with Crippen LogP contribution in [0.3, 0.4) is 0 Å². The third-order valence-corrected chi connectivity index (χ3v) is 10.7. The van der Waals surface area contributed by atoms with E-state index in [1.807, 2.05) is 6.07 Å². The second kappa shape index (κ2) is 13.6. The van der Waals surface area contributed by atoms with Gasteiger partial charge in [0.15, 0.2) is 0 Å². The molecule has 0 bridgehead atoms. The summed E-state index contributed by atoms with van der Waals surface area (Å²) in [4.78, 5) is 0. The fraction of sp³-hybridized carbons (Fsp3) is 0.0192.